The van der Waals surface area contributed by atoms with Crippen LogP contribution >= 0.6 is 11.8 Å². The van der Waals surface area contributed by atoms with Crippen LogP contribution in [0.5, 0.6) is 0 Å². The number of nitrogens with zero attached hydrogens (tertiary/aromatic N) is 2. The van der Waals surface area contributed by atoms with Gasteiger partial charge in [-0.05, 0) is 6.92 Å². The highest BCUT2D eigenvalue weighted by atomic mass is 32.2. The first-order valence-corrected chi connectivity index (χ1v) is 6.63. The Morgan fingerprint density at radius 2 is 2.20 bits per heavy atom. The van der Waals surface area contributed by atoms with Crippen molar-refractivity contribution < 1.29 is 19.9 Å². The lowest BCUT2D eigenvalue weighted by Crippen LogP contribution is -2.23. The minimum Gasteiger partial charge on any atom is -0.389 e. The van der Waals surface area contributed by atoms with E-state index in [0.717, 1.165) is 11.8 Å². The summed E-state index contributed by atoms with van der Waals surface area (Å²) in [5.41, 5.74) is 5.28. The number of carbonyl (C=O) groups is 1. The van der Waals surface area contributed by atoms with Gasteiger partial charge >= 0.3 is 5.69 Å². The summed E-state index contributed by atoms with van der Waals surface area (Å²) >= 11 is 0.854. The molecule has 0 fully saturated rings. The number of hydrogen-bond acceptors (Lipinski definition) is 8. The van der Waals surface area contributed by atoms with Crippen LogP contribution in [0.15, 0.2) is 6.20 Å². The van der Waals surface area contributed by atoms with Crippen LogP contribution in [-0.2, 0) is 4.79 Å². The zero-order valence-electron chi connectivity index (χ0n) is 10.9. The van der Waals surface area contributed by atoms with Crippen molar-refractivity contribution in [1.29, 1.82) is 0 Å². The van der Waals surface area contributed by atoms with Crippen molar-refractivity contribution in [3.63, 3.8) is 0 Å². The number of anilines is 1. The third kappa shape index (κ3) is 3.65. The summed E-state index contributed by atoms with van der Waals surface area (Å²) in [5.74, 6) is -0.273. The number of thioether (sulfide) groups is 1. The lowest BCUT2D eigenvalue weighted by molar-refractivity contribution is -0.384. The van der Waals surface area contributed by atoms with Gasteiger partial charge in [-0.1, -0.05) is 11.8 Å². The normalized spacial score (nSPS) is 13.8. The molecule has 1 heterocycles. The van der Waals surface area contributed by atoms with Gasteiger partial charge in [0.15, 0.2) is 5.12 Å². The van der Waals surface area contributed by atoms with Crippen molar-refractivity contribution in [2.45, 2.75) is 26.1 Å². The van der Waals surface area contributed by atoms with Gasteiger partial charge in [-0.15, -0.1) is 0 Å². The van der Waals surface area contributed by atoms with Crippen molar-refractivity contribution in [2.75, 3.05) is 11.5 Å². The van der Waals surface area contributed by atoms with E-state index in [9.17, 15) is 25.1 Å². The highest BCUT2D eigenvalue weighted by Crippen LogP contribution is 2.31. The first-order chi connectivity index (χ1) is 9.25. The Morgan fingerprint density at radius 3 is 2.70 bits per heavy atom. The largest absolute Gasteiger partial charge is 0.389 e. The number of aliphatic hydroxyl groups is 2. The fraction of sp³-hybridized carbons (Fsp3) is 0.455. The average molecular weight is 301 g/mol. The predicted octanol–water partition coefficient (Wildman–Crippen LogP) is 0.554. The van der Waals surface area contributed by atoms with Crippen LogP contribution in [0.3, 0.4) is 0 Å². The van der Waals surface area contributed by atoms with Crippen molar-refractivity contribution in [3.8, 4) is 0 Å². The Bertz CT molecular complexity index is 537. The maximum Gasteiger partial charge on any atom is 0.314 e. The number of rotatable bonds is 5. The van der Waals surface area contributed by atoms with E-state index in [2.05, 4.69) is 4.98 Å². The van der Waals surface area contributed by atoms with Gasteiger partial charge in [0.1, 0.15) is 6.10 Å². The number of aromatic nitrogens is 1. The first kappa shape index (κ1) is 16.3. The van der Waals surface area contributed by atoms with E-state index in [-0.39, 0.29) is 27.8 Å². The number of pyridine rings is 1. The topological polar surface area (TPSA) is 140 Å². The Labute approximate surface area is 119 Å². The summed E-state index contributed by atoms with van der Waals surface area (Å²) in [6.45, 7) is 2.75. The van der Waals surface area contributed by atoms with Gasteiger partial charge in [0.05, 0.1) is 11.0 Å². The highest BCUT2D eigenvalue weighted by Gasteiger charge is 2.27. The SMILES string of the molecule is CC(=O)SCC(O)C(O)c1cnc(N)c([N+](=O)[O-])c1C. The van der Waals surface area contributed by atoms with Gasteiger partial charge < -0.3 is 15.9 Å². The van der Waals surface area contributed by atoms with Gasteiger partial charge in [0.2, 0.25) is 5.82 Å². The number of nitrogens with two attached hydrogens (primary N) is 1. The molecule has 1 rings (SSSR count). The molecular formula is C11H15N3O5S. The van der Waals surface area contributed by atoms with Gasteiger partial charge in [-0.2, -0.15) is 0 Å². The van der Waals surface area contributed by atoms with Crippen LogP contribution in [0.25, 0.3) is 0 Å². The maximum absolute atomic E-state index is 10.9. The highest BCUT2D eigenvalue weighted by molar-refractivity contribution is 8.13. The molecule has 0 amide bonds. The lowest BCUT2D eigenvalue weighted by Gasteiger charge is -2.19. The van der Waals surface area contributed by atoms with Crippen LogP contribution in [0, 0.1) is 17.0 Å². The maximum atomic E-state index is 10.9. The minimum atomic E-state index is -1.38. The monoisotopic (exact) mass is 301 g/mol. The standard InChI is InChI=1S/C11H15N3O5S/c1-5-7(3-13-11(12)9(5)14(18)19)10(17)8(16)4-20-6(2)15/h3,8,10,16-17H,4H2,1-2H3,(H2,12,13). The number of nitro groups is 1. The molecule has 0 saturated carbocycles. The van der Waals surface area contributed by atoms with Crippen LogP contribution in [-0.4, -0.2) is 37.1 Å². The number of hydrogen-bond donors (Lipinski definition) is 3. The van der Waals surface area contributed by atoms with Gasteiger partial charge in [0.25, 0.3) is 0 Å². The van der Waals surface area contributed by atoms with E-state index < -0.39 is 22.8 Å². The third-order valence-electron chi connectivity index (χ3n) is 2.70. The van der Waals surface area contributed by atoms with Crippen LogP contribution in [0.1, 0.15) is 24.2 Å². The lowest BCUT2D eigenvalue weighted by atomic mass is 10.0. The van der Waals surface area contributed by atoms with Gasteiger partial charge in [0, 0.05) is 30.0 Å². The molecule has 0 saturated heterocycles. The van der Waals surface area contributed by atoms with Crippen molar-refractivity contribution >= 4 is 28.4 Å². The number of nitrogen functional groups attached to an aromatic ring is 1. The molecule has 0 spiro atoms. The molecule has 110 valence electrons. The summed E-state index contributed by atoms with van der Waals surface area (Å²) in [6, 6.07) is 0. The Morgan fingerprint density at radius 1 is 1.60 bits per heavy atom. The second-order valence-corrected chi connectivity index (χ2v) is 5.34. The number of carbonyl (C=O) groups excluding carboxylic acids is 1. The van der Waals surface area contributed by atoms with E-state index in [1.807, 2.05) is 0 Å². The minimum absolute atomic E-state index is 0.0197. The fourth-order valence-electron chi connectivity index (χ4n) is 1.66. The molecule has 0 aliphatic carbocycles. The van der Waals surface area contributed by atoms with E-state index >= 15 is 0 Å². The third-order valence-corrected chi connectivity index (χ3v) is 3.61. The van der Waals surface area contributed by atoms with Gasteiger partial charge in [-0.3, -0.25) is 14.9 Å². The zero-order valence-corrected chi connectivity index (χ0v) is 11.8. The van der Waals surface area contributed by atoms with Crippen molar-refractivity contribution in [3.05, 3.63) is 27.4 Å². The molecular weight excluding hydrogens is 286 g/mol. The molecule has 0 bridgehead atoms. The van der Waals surface area contributed by atoms with Crippen LogP contribution < -0.4 is 5.73 Å². The Hall–Kier alpha value is -1.71. The summed E-state index contributed by atoms with van der Waals surface area (Å²) in [5, 5.41) is 30.5. The fourth-order valence-corrected chi connectivity index (χ4v) is 2.24. The average Bonchev–Trinajstić information content (AvgIpc) is 2.34. The molecule has 0 aromatic carbocycles. The van der Waals surface area contributed by atoms with E-state index in [1.54, 1.807) is 0 Å². The number of aliphatic hydroxyl groups excluding tert-OH is 2. The second-order valence-electron chi connectivity index (χ2n) is 4.14. The molecule has 1 aromatic heterocycles. The Balaban J connectivity index is 3.04. The molecule has 2 unspecified atom stereocenters. The van der Waals surface area contributed by atoms with Crippen LogP contribution in [0.2, 0.25) is 0 Å². The smallest absolute Gasteiger partial charge is 0.314 e. The predicted molar refractivity (Wildman–Crippen MR) is 74.1 cm³/mol. The quantitative estimate of drug-likeness (QED) is 0.529. The molecule has 9 heteroatoms. The molecule has 8 nitrogen and oxygen atoms in total. The van der Waals surface area contributed by atoms with Crippen LogP contribution in [0.4, 0.5) is 11.5 Å². The summed E-state index contributed by atoms with van der Waals surface area (Å²) in [7, 11) is 0. The van der Waals surface area contributed by atoms with E-state index in [4.69, 9.17) is 5.73 Å². The molecule has 0 radical (unpaired) electrons. The van der Waals surface area contributed by atoms with Crippen molar-refractivity contribution in [1.82, 2.24) is 4.98 Å². The van der Waals surface area contributed by atoms with Crippen molar-refractivity contribution in [2.24, 2.45) is 0 Å². The summed E-state index contributed by atoms with van der Waals surface area (Å²) in [6.07, 6.45) is -1.44. The summed E-state index contributed by atoms with van der Waals surface area (Å²) < 4.78 is 0. The molecule has 20 heavy (non-hydrogen) atoms. The Kier molecular flexibility index (Phi) is 5.43. The molecule has 1 aromatic rings. The molecule has 2 atom stereocenters. The first-order valence-electron chi connectivity index (χ1n) is 5.64. The zero-order chi connectivity index (χ0) is 15.4. The van der Waals surface area contributed by atoms with E-state index in [1.165, 1.54) is 20.0 Å². The molecule has 0 aliphatic rings. The van der Waals surface area contributed by atoms with E-state index in [0.29, 0.717) is 0 Å². The molecule has 0 aliphatic heterocycles. The molecule has 4 N–H and O–H groups in total. The second kappa shape index (κ2) is 6.64. The summed E-state index contributed by atoms with van der Waals surface area (Å²) in [4.78, 5) is 24.7. The van der Waals surface area contributed by atoms with Gasteiger partial charge in [-0.25, -0.2) is 4.98 Å².